The summed E-state index contributed by atoms with van der Waals surface area (Å²) in [5.74, 6) is -0.461. The molecule has 0 saturated carbocycles. The number of carbonyl (C=O) groups is 1. The van der Waals surface area contributed by atoms with Gasteiger partial charge >= 0.3 is 16.4 Å². The molecule has 25 heavy (non-hydrogen) atoms. The average molecular weight is 394 g/mol. The molecule has 1 aromatic heterocycles. The third-order valence-corrected chi connectivity index (χ3v) is 5.43. The van der Waals surface area contributed by atoms with Gasteiger partial charge in [-0.2, -0.15) is 21.9 Å². The monoisotopic (exact) mass is 394 g/mol. The minimum Gasteiger partial charge on any atom is -0.451 e. The molecule has 2 bridgehead atoms. The zero-order valence-corrected chi connectivity index (χ0v) is 14.2. The summed E-state index contributed by atoms with van der Waals surface area (Å²) in [6.07, 6.45) is 1.63. The number of nitrogens with zero attached hydrogens (tertiary/aromatic N) is 2. The molecule has 3 N–H and O–H groups in total. The fourth-order valence-corrected chi connectivity index (χ4v) is 4.17. The first-order valence-electron chi connectivity index (χ1n) is 7.00. The number of amidine groups is 1. The Morgan fingerprint density at radius 3 is 2.68 bits per heavy atom. The number of fused-ring (bicyclic) bond motifs is 2. The van der Waals surface area contributed by atoms with Crippen molar-refractivity contribution in [2.45, 2.75) is 30.0 Å². The fourth-order valence-electron chi connectivity index (χ4n) is 2.81. The highest BCUT2D eigenvalue weighted by Gasteiger charge is 2.48. The van der Waals surface area contributed by atoms with Crippen molar-refractivity contribution >= 4 is 32.3 Å². The van der Waals surface area contributed by atoms with Crippen molar-refractivity contribution in [1.29, 1.82) is 5.41 Å². The largest absolute Gasteiger partial charge is 0.451 e. The van der Waals surface area contributed by atoms with Crippen LogP contribution in [0.2, 0.25) is 0 Å². The highest BCUT2D eigenvalue weighted by molar-refractivity contribution is 7.90. The van der Waals surface area contributed by atoms with E-state index in [1.54, 1.807) is 0 Å². The van der Waals surface area contributed by atoms with E-state index >= 15 is 0 Å². The highest BCUT2D eigenvalue weighted by atomic mass is 32.3. The third kappa shape index (κ3) is 3.46. The van der Waals surface area contributed by atoms with Crippen LogP contribution < -0.4 is 4.72 Å². The van der Waals surface area contributed by atoms with Crippen LogP contribution in [0.3, 0.4) is 0 Å². The summed E-state index contributed by atoms with van der Waals surface area (Å²) in [4.78, 5) is 13.3. The molecule has 2 atom stereocenters. The third-order valence-electron chi connectivity index (χ3n) is 3.83. The second-order valence-corrected chi connectivity index (χ2v) is 8.08. The van der Waals surface area contributed by atoms with Gasteiger partial charge in [0.15, 0.2) is 0 Å². The van der Waals surface area contributed by atoms with Gasteiger partial charge in [0.2, 0.25) is 5.09 Å². The van der Waals surface area contributed by atoms with Crippen molar-refractivity contribution in [2.24, 2.45) is 0 Å². The predicted octanol–water partition coefficient (Wildman–Crippen LogP) is -0.462. The first kappa shape index (κ1) is 17.7. The van der Waals surface area contributed by atoms with E-state index in [1.165, 1.54) is 12.1 Å². The first-order valence-corrected chi connectivity index (χ1v) is 9.85. The summed E-state index contributed by atoms with van der Waals surface area (Å²) in [7, 11) is -8.98. The van der Waals surface area contributed by atoms with E-state index in [4.69, 9.17) is 14.4 Å². The Hall–Kier alpha value is -2.16. The maximum absolute atomic E-state index is 12.2. The zero-order valence-electron chi connectivity index (χ0n) is 12.5. The van der Waals surface area contributed by atoms with Gasteiger partial charge in [0.1, 0.15) is 5.84 Å². The molecular weight excluding hydrogens is 380 g/mol. The van der Waals surface area contributed by atoms with Gasteiger partial charge in [0.05, 0.1) is 18.3 Å². The molecule has 2 amide bonds. The summed E-state index contributed by atoms with van der Waals surface area (Å²) >= 11 is 0. The van der Waals surface area contributed by atoms with Crippen LogP contribution in [0.1, 0.15) is 12.8 Å². The van der Waals surface area contributed by atoms with E-state index in [-0.39, 0.29) is 24.5 Å². The number of amides is 2. The molecule has 2 aliphatic rings. The summed E-state index contributed by atoms with van der Waals surface area (Å²) in [6.45, 7) is 0.0316. The summed E-state index contributed by atoms with van der Waals surface area (Å²) in [5, 5.41) is 8.11. The lowest BCUT2D eigenvalue weighted by molar-refractivity contribution is -0.0316. The molecule has 14 heteroatoms. The van der Waals surface area contributed by atoms with Gasteiger partial charge in [-0.15, -0.1) is 4.28 Å². The van der Waals surface area contributed by atoms with Crippen LogP contribution in [0.4, 0.5) is 4.79 Å². The smallest absolute Gasteiger partial charge is 0.418 e. The number of urea groups is 1. The van der Waals surface area contributed by atoms with Gasteiger partial charge in [0, 0.05) is 6.54 Å². The lowest BCUT2D eigenvalue weighted by atomic mass is 10.0. The van der Waals surface area contributed by atoms with Crippen molar-refractivity contribution < 1.29 is 34.9 Å². The first-order chi connectivity index (χ1) is 11.6. The molecular formula is C11H14N4O8S2. The average Bonchev–Trinajstić information content (AvgIpc) is 3.11. The summed E-state index contributed by atoms with van der Waals surface area (Å²) in [5.41, 5.74) is 0. The number of furan rings is 1. The van der Waals surface area contributed by atoms with Crippen molar-refractivity contribution in [3.8, 4) is 0 Å². The Morgan fingerprint density at radius 2 is 2.08 bits per heavy atom. The maximum Gasteiger partial charge on any atom is 0.418 e. The number of sulfonamides is 1. The van der Waals surface area contributed by atoms with Gasteiger partial charge in [-0.1, -0.05) is 0 Å². The second-order valence-electron chi connectivity index (χ2n) is 5.46. The topological polar surface area (TPSA) is 170 Å². The van der Waals surface area contributed by atoms with Crippen LogP contribution in [0.15, 0.2) is 27.9 Å². The van der Waals surface area contributed by atoms with E-state index in [0.717, 1.165) is 11.2 Å². The van der Waals surface area contributed by atoms with Crippen LogP contribution >= 0.6 is 0 Å². The van der Waals surface area contributed by atoms with Crippen molar-refractivity contribution in [3.05, 3.63) is 18.4 Å². The number of hydroxylamine groups is 2. The van der Waals surface area contributed by atoms with Crippen LogP contribution in [-0.2, 0) is 24.7 Å². The minimum absolute atomic E-state index is 0.0316. The molecule has 0 aliphatic carbocycles. The number of rotatable bonds is 5. The number of hydrogen-bond acceptors (Lipinski definition) is 8. The summed E-state index contributed by atoms with van der Waals surface area (Å²) in [6, 6.07) is 0.156. The standard InChI is InChI=1S/C11H14N4O8S2/c12-10(13-24(17,18)9-2-1-5-22-9)8-4-3-7-6-14(8)11(16)15(7)23-25(19,20)21/h1-2,5,7-8H,3-4,6H2,(H2,12,13)(H,19,20,21)/t7-,8+/m1/s1. The molecule has 3 heterocycles. The van der Waals surface area contributed by atoms with Gasteiger partial charge in [-0.05, 0) is 25.0 Å². The molecule has 0 spiro atoms. The fraction of sp³-hybridized carbons (Fsp3) is 0.455. The van der Waals surface area contributed by atoms with Gasteiger partial charge in [-0.25, -0.2) is 4.79 Å². The molecule has 138 valence electrons. The molecule has 0 aromatic carbocycles. The molecule has 2 aliphatic heterocycles. The van der Waals surface area contributed by atoms with Crippen LogP contribution in [0.25, 0.3) is 0 Å². The molecule has 0 radical (unpaired) electrons. The number of piperidine rings is 1. The summed E-state index contributed by atoms with van der Waals surface area (Å²) < 4.78 is 65.7. The lowest BCUT2D eigenvalue weighted by Crippen LogP contribution is -2.50. The highest BCUT2D eigenvalue weighted by Crippen LogP contribution is 2.31. The van der Waals surface area contributed by atoms with E-state index in [0.29, 0.717) is 5.06 Å². The normalized spacial score (nSPS) is 23.8. The molecule has 1 aromatic rings. The van der Waals surface area contributed by atoms with Crippen LogP contribution in [-0.4, -0.2) is 61.8 Å². The minimum atomic E-state index is -4.87. The molecule has 12 nitrogen and oxygen atoms in total. The second kappa shape index (κ2) is 5.98. The van der Waals surface area contributed by atoms with Crippen molar-refractivity contribution in [3.63, 3.8) is 0 Å². The van der Waals surface area contributed by atoms with Crippen LogP contribution in [0, 0.1) is 5.41 Å². The van der Waals surface area contributed by atoms with Crippen LogP contribution in [0.5, 0.6) is 0 Å². The predicted molar refractivity (Wildman–Crippen MR) is 80.1 cm³/mol. The lowest BCUT2D eigenvalue weighted by Gasteiger charge is -2.30. The Morgan fingerprint density at radius 1 is 1.36 bits per heavy atom. The van der Waals surface area contributed by atoms with E-state index < -0.39 is 44.4 Å². The quantitative estimate of drug-likeness (QED) is 0.342. The van der Waals surface area contributed by atoms with E-state index in [1.807, 2.05) is 4.72 Å². The van der Waals surface area contributed by atoms with E-state index in [2.05, 4.69) is 4.28 Å². The van der Waals surface area contributed by atoms with E-state index in [9.17, 15) is 21.6 Å². The maximum atomic E-state index is 12.2. The zero-order chi connectivity index (χ0) is 18.4. The molecule has 3 rings (SSSR count). The van der Waals surface area contributed by atoms with Crippen molar-refractivity contribution in [1.82, 2.24) is 14.7 Å². The van der Waals surface area contributed by atoms with Crippen molar-refractivity contribution in [2.75, 3.05) is 6.54 Å². The Kier molecular flexibility index (Phi) is 4.22. The molecule has 2 fully saturated rings. The Bertz CT molecular complexity index is 895. The molecule has 2 saturated heterocycles. The van der Waals surface area contributed by atoms with Gasteiger partial charge in [0.25, 0.3) is 10.0 Å². The number of hydrogen-bond donors (Lipinski definition) is 3. The number of carbonyl (C=O) groups excluding carboxylic acids is 1. The number of nitrogens with one attached hydrogen (secondary N) is 2. The SMILES string of the molecule is N=C(NS(=O)(=O)c1ccco1)[C@@H]1CC[C@@H]2CN1C(=O)N2OS(=O)(=O)O. The van der Waals surface area contributed by atoms with Gasteiger partial charge in [-0.3, -0.25) is 14.7 Å². The molecule has 0 unspecified atom stereocenters. The Balaban J connectivity index is 1.75. The van der Waals surface area contributed by atoms with Gasteiger partial charge < -0.3 is 9.32 Å². The Labute approximate surface area is 142 Å².